The number of hydrogen-bond acceptors (Lipinski definition) is 6. The molecule has 0 fully saturated rings. The highest BCUT2D eigenvalue weighted by Gasteiger charge is 2.29. The summed E-state index contributed by atoms with van der Waals surface area (Å²) in [5, 5.41) is 16.8. The summed E-state index contributed by atoms with van der Waals surface area (Å²) < 4.78 is 30.8. The van der Waals surface area contributed by atoms with Crippen molar-refractivity contribution in [3.05, 3.63) is 63.9 Å². The van der Waals surface area contributed by atoms with E-state index in [0.29, 0.717) is 24.4 Å². The number of rotatable bonds is 5. The van der Waals surface area contributed by atoms with Gasteiger partial charge in [0, 0.05) is 24.5 Å². The molecule has 1 aliphatic rings. The van der Waals surface area contributed by atoms with E-state index in [1.54, 1.807) is 30.3 Å². The van der Waals surface area contributed by atoms with Crippen LogP contribution in [-0.2, 0) is 16.6 Å². The zero-order valence-corrected chi connectivity index (χ0v) is 19.2. The van der Waals surface area contributed by atoms with Crippen molar-refractivity contribution in [1.29, 1.82) is 0 Å². The van der Waals surface area contributed by atoms with Gasteiger partial charge in [-0.25, -0.2) is 0 Å². The van der Waals surface area contributed by atoms with E-state index in [1.807, 2.05) is 13.8 Å². The molecule has 9 nitrogen and oxygen atoms in total. The maximum Gasteiger partial charge on any atom is 0.286 e. The highest BCUT2D eigenvalue weighted by atomic mass is 32.2. The summed E-state index contributed by atoms with van der Waals surface area (Å²) in [6.45, 7) is 4.39. The molecule has 172 valence electrons. The average Bonchev–Trinajstić information content (AvgIpc) is 2.77. The summed E-state index contributed by atoms with van der Waals surface area (Å²) in [5.74, 6) is -0.765. The lowest BCUT2D eigenvalue weighted by Gasteiger charge is -2.21. The van der Waals surface area contributed by atoms with Gasteiger partial charge >= 0.3 is 0 Å². The molecule has 1 amide bonds. The Morgan fingerprint density at radius 3 is 2.64 bits per heavy atom. The van der Waals surface area contributed by atoms with Gasteiger partial charge in [-0.05, 0) is 42.7 Å². The van der Waals surface area contributed by atoms with Crippen LogP contribution in [0.15, 0.2) is 56.6 Å². The van der Waals surface area contributed by atoms with E-state index in [9.17, 15) is 23.1 Å². The number of sulfonamides is 1. The molecule has 0 saturated carbocycles. The fourth-order valence-electron chi connectivity index (χ4n) is 3.77. The van der Waals surface area contributed by atoms with Gasteiger partial charge in [0.15, 0.2) is 5.84 Å². The second kappa shape index (κ2) is 8.36. The van der Waals surface area contributed by atoms with E-state index in [0.717, 1.165) is 0 Å². The van der Waals surface area contributed by atoms with Crippen LogP contribution in [0.4, 0.5) is 5.69 Å². The van der Waals surface area contributed by atoms with Crippen molar-refractivity contribution in [3.63, 3.8) is 0 Å². The molecule has 3 N–H and O–H groups in total. The molecule has 1 aliphatic heterocycles. The van der Waals surface area contributed by atoms with Gasteiger partial charge in [-0.3, -0.25) is 9.59 Å². The van der Waals surface area contributed by atoms with Gasteiger partial charge in [0.25, 0.3) is 21.5 Å². The van der Waals surface area contributed by atoms with E-state index in [1.165, 1.54) is 23.7 Å². The first kappa shape index (κ1) is 22.5. The number of aromatic hydroxyl groups is 1. The number of hydrogen-bond donors (Lipinski definition) is 3. The number of para-hydroxylation sites is 1. The van der Waals surface area contributed by atoms with E-state index in [4.69, 9.17) is 0 Å². The molecule has 2 aromatic carbocycles. The minimum Gasteiger partial charge on any atom is -0.506 e. The molecular weight excluding hydrogens is 444 g/mol. The van der Waals surface area contributed by atoms with Crippen LogP contribution in [-0.4, -0.2) is 36.9 Å². The molecule has 10 heteroatoms. The second-order valence-corrected chi connectivity index (χ2v) is 9.78. The third kappa shape index (κ3) is 3.97. The Labute approximate surface area is 190 Å². The Bertz CT molecular complexity index is 1470. The standard InChI is InChI=1S/C23H24N4O5S/c1-13(2)10-11-27-17-9-8-14(22(29)24-3)12-15(17)20(28)19(23(27)30)21-25-16-6-4-5-7-18(16)33(31,32)26-21/h4-9,12-13,28H,10-11H2,1-3H3,(H,24,29)(H,25,26). The maximum atomic E-state index is 13.5. The van der Waals surface area contributed by atoms with E-state index in [2.05, 4.69) is 15.0 Å². The van der Waals surface area contributed by atoms with Gasteiger partial charge < -0.3 is 20.3 Å². The molecule has 0 saturated heterocycles. The number of benzene rings is 2. The molecule has 0 radical (unpaired) electrons. The first-order valence-electron chi connectivity index (χ1n) is 10.5. The molecule has 2 heterocycles. The Kier molecular flexibility index (Phi) is 5.71. The summed E-state index contributed by atoms with van der Waals surface area (Å²) in [4.78, 5) is 25.7. The van der Waals surface area contributed by atoms with Crippen LogP contribution in [0.1, 0.15) is 36.2 Å². The molecule has 0 spiro atoms. The number of nitrogens with one attached hydrogen (secondary N) is 2. The van der Waals surface area contributed by atoms with Gasteiger partial charge in [-0.15, -0.1) is 4.40 Å². The van der Waals surface area contributed by atoms with Crippen LogP contribution in [0.25, 0.3) is 10.9 Å². The number of fused-ring (bicyclic) bond motifs is 2. The smallest absolute Gasteiger partial charge is 0.286 e. The zero-order valence-electron chi connectivity index (χ0n) is 18.4. The number of anilines is 1. The minimum absolute atomic E-state index is 0.0175. The summed E-state index contributed by atoms with van der Waals surface area (Å²) in [6, 6.07) is 10.8. The second-order valence-electron chi connectivity index (χ2n) is 8.21. The topological polar surface area (TPSA) is 130 Å². The highest BCUT2D eigenvalue weighted by molar-refractivity contribution is 7.90. The first-order chi connectivity index (χ1) is 15.6. The fraction of sp³-hybridized carbons (Fsp3) is 0.261. The molecule has 4 rings (SSSR count). The summed E-state index contributed by atoms with van der Waals surface area (Å²) >= 11 is 0. The normalized spacial score (nSPS) is 14.5. The lowest BCUT2D eigenvalue weighted by molar-refractivity contribution is 0.0963. The number of aryl methyl sites for hydroxylation is 1. The fourth-order valence-corrected chi connectivity index (χ4v) is 4.90. The van der Waals surface area contributed by atoms with Gasteiger partial charge in [-0.1, -0.05) is 26.0 Å². The molecule has 0 atom stereocenters. The highest BCUT2D eigenvalue weighted by Crippen LogP contribution is 2.32. The molecular formula is C23H24N4O5S. The van der Waals surface area contributed by atoms with Crippen LogP contribution < -0.4 is 16.2 Å². The number of pyridine rings is 1. The Morgan fingerprint density at radius 1 is 1.21 bits per heavy atom. The van der Waals surface area contributed by atoms with Gasteiger partial charge in [-0.2, -0.15) is 8.42 Å². The SMILES string of the molecule is CNC(=O)c1ccc2c(c1)c(O)c(C1=NS(=O)(=O)c3ccccc3N1)c(=O)n2CCC(C)C. The molecule has 3 aromatic rings. The van der Waals surface area contributed by atoms with Crippen LogP contribution in [0.3, 0.4) is 0 Å². The van der Waals surface area contributed by atoms with Crippen molar-refractivity contribution < 1.29 is 18.3 Å². The number of amides is 1. The zero-order chi connectivity index (χ0) is 23.9. The quantitative estimate of drug-likeness (QED) is 0.528. The number of amidine groups is 1. The van der Waals surface area contributed by atoms with Crippen molar-refractivity contribution in [3.8, 4) is 5.75 Å². The third-order valence-corrected chi connectivity index (χ3v) is 6.86. The maximum absolute atomic E-state index is 13.5. The van der Waals surface area contributed by atoms with Crippen LogP contribution in [0.5, 0.6) is 5.75 Å². The Morgan fingerprint density at radius 2 is 1.94 bits per heavy atom. The summed E-state index contributed by atoms with van der Waals surface area (Å²) in [6.07, 6.45) is 0.678. The number of aromatic nitrogens is 1. The van der Waals surface area contributed by atoms with Crippen LogP contribution in [0, 0.1) is 5.92 Å². The third-order valence-electron chi connectivity index (χ3n) is 5.52. The number of nitrogens with zero attached hydrogens (tertiary/aromatic N) is 2. The van der Waals surface area contributed by atoms with Crippen LogP contribution in [0.2, 0.25) is 0 Å². The lowest BCUT2D eigenvalue weighted by atomic mass is 10.0. The number of carbonyl (C=O) groups is 1. The van der Waals surface area contributed by atoms with Crippen LogP contribution >= 0.6 is 0 Å². The average molecular weight is 469 g/mol. The van der Waals surface area contributed by atoms with Crippen molar-refractivity contribution in [1.82, 2.24) is 9.88 Å². The largest absolute Gasteiger partial charge is 0.506 e. The summed E-state index contributed by atoms with van der Waals surface area (Å²) in [7, 11) is -2.60. The first-order valence-corrected chi connectivity index (χ1v) is 11.9. The predicted octanol–water partition coefficient (Wildman–Crippen LogP) is 2.67. The monoisotopic (exact) mass is 468 g/mol. The van der Waals surface area contributed by atoms with Crippen molar-refractivity contribution in [2.24, 2.45) is 10.3 Å². The van der Waals surface area contributed by atoms with Gasteiger partial charge in [0.2, 0.25) is 0 Å². The Balaban J connectivity index is 2.01. The predicted molar refractivity (Wildman–Crippen MR) is 127 cm³/mol. The molecule has 1 aromatic heterocycles. The van der Waals surface area contributed by atoms with Crippen molar-refractivity contribution in [2.75, 3.05) is 12.4 Å². The molecule has 0 unspecified atom stereocenters. The summed E-state index contributed by atoms with van der Waals surface area (Å²) in [5.41, 5.74) is 0.146. The van der Waals surface area contributed by atoms with E-state index < -0.39 is 21.3 Å². The lowest BCUT2D eigenvalue weighted by Crippen LogP contribution is -2.33. The van der Waals surface area contributed by atoms with E-state index >= 15 is 0 Å². The van der Waals surface area contributed by atoms with E-state index in [-0.39, 0.29) is 38.8 Å². The van der Waals surface area contributed by atoms with Crippen molar-refractivity contribution in [2.45, 2.75) is 31.7 Å². The Hall–Kier alpha value is -3.66. The van der Waals surface area contributed by atoms with Gasteiger partial charge in [0.1, 0.15) is 16.2 Å². The van der Waals surface area contributed by atoms with Crippen molar-refractivity contribution >= 4 is 38.4 Å². The minimum atomic E-state index is -4.09. The molecule has 33 heavy (non-hydrogen) atoms. The molecule has 0 bridgehead atoms. The molecule has 0 aliphatic carbocycles. The number of carbonyl (C=O) groups excluding carboxylic acids is 1. The van der Waals surface area contributed by atoms with Gasteiger partial charge in [0.05, 0.1) is 11.2 Å².